The van der Waals surface area contributed by atoms with Gasteiger partial charge in [0.25, 0.3) is 0 Å². The highest BCUT2D eigenvalue weighted by molar-refractivity contribution is 5.85. The van der Waals surface area contributed by atoms with Crippen molar-refractivity contribution in [1.29, 1.82) is 0 Å². The standard InChI is InChI=1S/C11H10O3/c1-4-8-9(7-12)11(14-3)6-5-10(8)13-2/h1,5-7H,2-3H3. The van der Waals surface area contributed by atoms with Gasteiger partial charge >= 0.3 is 0 Å². The molecule has 72 valence electrons. The minimum absolute atomic E-state index is 0.342. The van der Waals surface area contributed by atoms with Crippen LogP contribution in [0.15, 0.2) is 12.1 Å². The first-order valence-electron chi connectivity index (χ1n) is 3.95. The van der Waals surface area contributed by atoms with E-state index in [-0.39, 0.29) is 0 Å². The predicted molar refractivity (Wildman–Crippen MR) is 52.9 cm³/mol. The van der Waals surface area contributed by atoms with Gasteiger partial charge in [0.2, 0.25) is 0 Å². The first-order valence-corrected chi connectivity index (χ1v) is 3.95. The number of aldehydes is 1. The maximum atomic E-state index is 10.8. The first-order chi connectivity index (χ1) is 6.78. The summed E-state index contributed by atoms with van der Waals surface area (Å²) in [7, 11) is 2.98. The third kappa shape index (κ3) is 1.55. The van der Waals surface area contributed by atoms with Crippen LogP contribution in [0, 0.1) is 12.3 Å². The van der Waals surface area contributed by atoms with E-state index in [2.05, 4.69) is 5.92 Å². The summed E-state index contributed by atoms with van der Waals surface area (Å²) in [5, 5.41) is 0. The van der Waals surface area contributed by atoms with Crippen LogP contribution in [0.25, 0.3) is 0 Å². The van der Waals surface area contributed by atoms with Crippen molar-refractivity contribution < 1.29 is 14.3 Å². The third-order valence-corrected chi connectivity index (χ3v) is 1.87. The minimum Gasteiger partial charge on any atom is -0.496 e. The Morgan fingerprint density at radius 3 is 2.29 bits per heavy atom. The lowest BCUT2D eigenvalue weighted by Crippen LogP contribution is -1.97. The Balaban J connectivity index is 3.45. The van der Waals surface area contributed by atoms with Gasteiger partial charge in [-0.3, -0.25) is 4.79 Å². The fraction of sp³-hybridized carbons (Fsp3) is 0.182. The predicted octanol–water partition coefficient (Wildman–Crippen LogP) is 1.50. The van der Waals surface area contributed by atoms with E-state index in [1.54, 1.807) is 12.1 Å². The maximum Gasteiger partial charge on any atom is 0.155 e. The largest absolute Gasteiger partial charge is 0.496 e. The molecule has 0 N–H and O–H groups in total. The van der Waals surface area contributed by atoms with E-state index < -0.39 is 0 Å². The second kappa shape index (κ2) is 4.33. The molecule has 1 rings (SSSR count). The molecule has 0 radical (unpaired) electrons. The lowest BCUT2D eigenvalue weighted by molar-refractivity contribution is 0.112. The Labute approximate surface area is 82.6 Å². The summed E-state index contributed by atoms with van der Waals surface area (Å²) < 4.78 is 10.0. The molecule has 0 aliphatic rings. The van der Waals surface area contributed by atoms with Gasteiger partial charge in [-0.2, -0.15) is 0 Å². The molecule has 0 bridgehead atoms. The fourth-order valence-corrected chi connectivity index (χ4v) is 1.19. The second-order valence-corrected chi connectivity index (χ2v) is 2.52. The van der Waals surface area contributed by atoms with Crippen molar-refractivity contribution in [3.8, 4) is 23.8 Å². The molecule has 0 unspecified atom stereocenters. The van der Waals surface area contributed by atoms with E-state index in [4.69, 9.17) is 15.9 Å². The van der Waals surface area contributed by atoms with Crippen LogP contribution in [-0.4, -0.2) is 20.5 Å². The molecule has 1 aromatic rings. The molecule has 0 saturated carbocycles. The van der Waals surface area contributed by atoms with Crippen LogP contribution in [0.2, 0.25) is 0 Å². The zero-order chi connectivity index (χ0) is 10.6. The molecule has 0 atom stereocenters. The highest BCUT2D eigenvalue weighted by Crippen LogP contribution is 2.28. The van der Waals surface area contributed by atoms with Crippen LogP contribution in [0.4, 0.5) is 0 Å². The molecule has 0 saturated heterocycles. The molecule has 3 nitrogen and oxygen atoms in total. The van der Waals surface area contributed by atoms with Crippen LogP contribution in [0.5, 0.6) is 11.5 Å². The molecule has 0 aromatic heterocycles. The molecule has 0 amide bonds. The van der Waals surface area contributed by atoms with Crippen molar-refractivity contribution in [3.05, 3.63) is 23.3 Å². The quantitative estimate of drug-likeness (QED) is 0.535. The lowest BCUT2D eigenvalue weighted by Gasteiger charge is -2.09. The Morgan fingerprint density at radius 2 is 1.86 bits per heavy atom. The fourth-order valence-electron chi connectivity index (χ4n) is 1.19. The number of hydrogen-bond donors (Lipinski definition) is 0. The molecule has 0 aliphatic heterocycles. The van der Waals surface area contributed by atoms with Gasteiger partial charge in [0.1, 0.15) is 11.5 Å². The van der Waals surface area contributed by atoms with Crippen molar-refractivity contribution >= 4 is 6.29 Å². The molecule has 3 heteroatoms. The summed E-state index contributed by atoms with van der Waals surface area (Å²) in [5.74, 6) is 3.35. The van der Waals surface area contributed by atoms with Crippen molar-refractivity contribution in [2.75, 3.05) is 14.2 Å². The zero-order valence-electron chi connectivity index (χ0n) is 8.03. The SMILES string of the molecule is C#Cc1c(OC)ccc(OC)c1C=O. The molecule has 1 aromatic carbocycles. The first kappa shape index (κ1) is 10.1. The van der Waals surface area contributed by atoms with Gasteiger partial charge in [-0.15, -0.1) is 6.42 Å². The molecular formula is C11H10O3. The summed E-state index contributed by atoms with van der Waals surface area (Å²) in [4.78, 5) is 10.8. The van der Waals surface area contributed by atoms with Crippen molar-refractivity contribution in [2.24, 2.45) is 0 Å². The Morgan fingerprint density at radius 1 is 1.29 bits per heavy atom. The Hall–Kier alpha value is -1.95. The van der Waals surface area contributed by atoms with Crippen molar-refractivity contribution in [3.63, 3.8) is 0 Å². The van der Waals surface area contributed by atoms with Gasteiger partial charge in [-0.1, -0.05) is 5.92 Å². The monoisotopic (exact) mass is 190 g/mol. The number of terminal acetylenes is 1. The van der Waals surface area contributed by atoms with Crippen LogP contribution in [-0.2, 0) is 0 Å². The van der Waals surface area contributed by atoms with E-state index in [0.717, 1.165) is 0 Å². The summed E-state index contributed by atoms with van der Waals surface area (Å²) >= 11 is 0. The average molecular weight is 190 g/mol. The topological polar surface area (TPSA) is 35.5 Å². The third-order valence-electron chi connectivity index (χ3n) is 1.87. The van der Waals surface area contributed by atoms with Gasteiger partial charge in [-0.25, -0.2) is 0 Å². The molecule has 0 fully saturated rings. The van der Waals surface area contributed by atoms with E-state index in [1.807, 2.05) is 0 Å². The summed E-state index contributed by atoms with van der Waals surface area (Å²) in [6.07, 6.45) is 5.94. The molecule has 0 aliphatic carbocycles. The minimum atomic E-state index is 0.342. The van der Waals surface area contributed by atoms with E-state index in [0.29, 0.717) is 28.9 Å². The molecule has 0 spiro atoms. The van der Waals surface area contributed by atoms with Gasteiger partial charge in [0.05, 0.1) is 25.3 Å². The number of rotatable bonds is 3. The van der Waals surface area contributed by atoms with Crippen LogP contribution < -0.4 is 9.47 Å². The number of methoxy groups -OCH3 is 2. The van der Waals surface area contributed by atoms with Crippen molar-refractivity contribution in [1.82, 2.24) is 0 Å². The average Bonchev–Trinajstić information content (AvgIpc) is 2.26. The second-order valence-electron chi connectivity index (χ2n) is 2.52. The van der Waals surface area contributed by atoms with E-state index >= 15 is 0 Å². The van der Waals surface area contributed by atoms with E-state index in [9.17, 15) is 4.79 Å². The van der Waals surface area contributed by atoms with Crippen LogP contribution in [0.3, 0.4) is 0 Å². The normalized spacial score (nSPS) is 8.93. The summed E-state index contributed by atoms with van der Waals surface area (Å²) in [6, 6.07) is 3.31. The lowest BCUT2D eigenvalue weighted by atomic mass is 10.1. The summed E-state index contributed by atoms with van der Waals surface area (Å²) in [5.41, 5.74) is 0.760. The van der Waals surface area contributed by atoms with Gasteiger partial charge in [-0.05, 0) is 12.1 Å². The summed E-state index contributed by atoms with van der Waals surface area (Å²) in [6.45, 7) is 0. The molecule has 0 heterocycles. The Kier molecular flexibility index (Phi) is 3.14. The number of carbonyl (C=O) groups excluding carboxylic acids is 1. The smallest absolute Gasteiger partial charge is 0.155 e. The van der Waals surface area contributed by atoms with Crippen LogP contribution >= 0.6 is 0 Å². The van der Waals surface area contributed by atoms with Crippen molar-refractivity contribution in [2.45, 2.75) is 0 Å². The number of hydrogen-bond acceptors (Lipinski definition) is 3. The van der Waals surface area contributed by atoms with Crippen LogP contribution in [0.1, 0.15) is 15.9 Å². The number of benzene rings is 1. The highest BCUT2D eigenvalue weighted by Gasteiger charge is 2.11. The highest BCUT2D eigenvalue weighted by atomic mass is 16.5. The molecular weight excluding hydrogens is 180 g/mol. The zero-order valence-corrected chi connectivity index (χ0v) is 8.03. The van der Waals surface area contributed by atoms with E-state index in [1.165, 1.54) is 14.2 Å². The Bertz CT molecular complexity index is 388. The van der Waals surface area contributed by atoms with Gasteiger partial charge in [0, 0.05) is 0 Å². The molecule has 14 heavy (non-hydrogen) atoms. The van der Waals surface area contributed by atoms with Gasteiger partial charge in [0.15, 0.2) is 6.29 Å². The number of carbonyl (C=O) groups is 1. The number of ether oxygens (including phenoxy) is 2. The maximum absolute atomic E-state index is 10.8. The van der Waals surface area contributed by atoms with Gasteiger partial charge < -0.3 is 9.47 Å².